The number of para-hydroxylation sites is 1. The normalized spacial score (nSPS) is 12.2. The van der Waals surface area contributed by atoms with Gasteiger partial charge >= 0.3 is 0 Å². The van der Waals surface area contributed by atoms with E-state index < -0.39 is 0 Å². The first-order valence-corrected chi connectivity index (χ1v) is 9.73. The first kappa shape index (κ1) is 18.5. The standard InChI is InChI=1S/C19H16ClN5O2S/c1-10(16-21-14-6-4-3-5-12(14)18(26)22-16)28-19-23-17(24-25-19)13-9-11(20)7-8-15(13)27-2/h3-10H,1-2H3,(H,21,22,26)(H,23,24,25)/t10-/m0/s1. The molecule has 2 aromatic carbocycles. The van der Waals surface area contributed by atoms with E-state index >= 15 is 0 Å². The third kappa shape index (κ3) is 3.61. The Hall–Kier alpha value is -2.84. The summed E-state index contributed by atoms with van der Waals surface area (Å²) in [5.41, 5.74) is 1.22. The molecule has 0 amide bonds. The van der Waals surface area contributed by atoms with Crippen LogP contribution in [0.25, 0.3) is 22.3 Å². The monoisotopic (exact) mass is 413 g/mol. The average Bonchev–Trinajstić information content (AvgIpc) is 3.16. The molecule has 7 nitrogen and oxygen atoms in total. The van der Waals surface area contributed by atoms with Crippen LogP contribution in [0.2, 0.25) is 5.02 Å². The van der Waals surface area contributed by atoms with Gasteiger partial charge < -0.3 is 9.72 Å². The summed E-state index contributed by atoms with van der Waals surface area (Å²) < 4.78 is 5.37. The lowest BCUT2D eigenvalue weighted by atomic mass is 10.2. The molecule has 0 fully saturated rings. The molecule has 4 rings (SSSR count). The zero-order valence-electron chi connectivity index (χ0n) is 15.1. The number of halogens is 1. The van der Waals surface area contributed by atoms with E-state index in [4.69, 9.17) is 16.3 Å². The number of methoxy groups -OCH3 is 1. The second-order valence-electron chi connectivity index (χ2n) is 6.04. The molecule has 2 aromatic heterocycles. The van der Waals surface area contributed by atoms with Crippen molar-refractivity contribution in [2.75, 3.05) is 7.11 Å². The molecule has 0 spiro atoms. The highest BCUT2D eigenvalue weighted by atomic mass is 35.5. The molecule has 2 N–H and O–H groups in total. The van der Waals surface area contributed by atoms with Crippen molar-refractivity contribution in [1.29, 1.82) is 0 Å². The lowest BCUT2D eigenvalue weighted by Crippen LogP contribution is -2.12. The SMILES string of the molecule is COc1ccc(Cl)cc1-c1nc(S[C@@H](C)c2nc3ccccc3c(=O)[nH]2)n[nH]1. The fourth-order valence-electron chi connectivity index (χ4n) is 2.80. The molecule has 142 valence electrons. The van der Waals surface area contributed by atoms with Crippen molar-refractivity contribution in [1.82, 2.24) is 25.1 Å². The fourth-order valence-corrected chi connectivity index (χ4v) is 3.75. The van der Waals surface area contributed by atoms with Gasteiger partial charge in [-0.05, 0) is 37.3 Å². The molecule has 0 saturated heterocycles. The van der Waals surface area contributed by atoms with Crippen molar-refractivity contribution in [3.8, 4) is 17.1 Å². The lowest BCUT2D eigenvalue weighted by Gasteiger charge is -2.09. The third-order valence-electron chi connectivity index (χ3n) is 4.18. The van der Waals surface area contributed by atoms with Gasteiger partial charge in [0.05, 0.1) is 28.8 Å². The number of nitrogens with zero attached hydrogens (tertiary/aromatic N) is 3. The van der Waals surface area contributed by atoms with Gasteiger partial charge in [0.1, 0.15) is 11.6 Å². The number of fused-ring (bicyclic) bond motifs is 1. The predicted octanol–water partition coefficient (Wildman–Crippen LogP) is 4.22. The number of aromatic amines is 2. The Kier molecular flexibility index (Phi) is 5.06. The zero-order chi connectivity index (χ0) is 19.7. The smallest absolute Gasteiger partial charge is 0.258 e. The highest BCUT2D eigenvalue weighted by molar-refractivity contribution is 7.99. The molecule has 28 heavy (non-hydrogen) atoms. The van der Waals surface area contributed by atoms with Crippen LogP contribution in [-0.2, 0) is 0 Å². The minimum atomic E-state index is -0.160. The van der Waals surface area contributed by atoms with Crippen LogP contribution in [0.15, 0.2) is 52.4 Å². The Labute approximate surface area is 169 Å². The van der Waals surface area contributed by atoms with Gasteiger partial charge in [0.15, 0.2) is 5.82 Å². The maximum Gasteiger partial charge on any atom is 0.258 e. The Balaban J connectivity index is 1.61. The fraction of sp³-hybridized carbons (Fsp3) is 0.158. The summed E-state index contributed by atoms with van der Waals surface area (Å²) in [6, 6.07) is 12.5. The molecule has 9 heteroatoms. The van der Waals surface area contributed by atoms with Gasteiger partial charge in [-0.1, -0.05) is 35.5 Å². The van der Waals surface area contributed by atoms with Crippen molar-refractivity contribution < 1.29 is 4.74 Å². The summed E-state index contributed by atoms with van der Waals surface area (Å²) in [7, 11) is 1.59. The highest BCUT2D eigenvalue weighted by Gasteiger charge is 2.17. The molecule has 0 saturated carbocycles. The van der Waals surface area contributed by atoms with E-state index in [2.05, 4.69) is 25.1 Å². The molecule has 2 heterocycles. The minimum absolute atomic E-state index is 0.151. The maximum atomic E-state index is 12.3. The molecule has 0 radical (unpaired) electrons. The Morgan fingerprint density at radius 1 is 1.18 bits per heavy atom. The topological polar surface area (TPSA) is 96.6 Å². The van der Waals surface area contributed by atoms with Gasteiger partial charge in [-0.25, -0.2) is 9.97 Å². The van der Waals surface area contributed by atoms with Gasteiger partial charge in [-0.3, -0.25) is 9.89 Å². The van der Waals surface area contributed by atoms with Crippen molar-refractivity contribution >= 4 is 34.3 Å². The summed E-state index contributed by atoms with van der Waals surface area (Å²) >= 11 is 7.48. The largest absolute Gasteiger partial charge is 0.496 e. The third-order valence-corrected chi connectivity index (χ3v) is 5.39. The second-order valence-corrected chi connectivity index (χ2v) is 7.78. The molecule has 0 aliphatic rings. The Morgan fingerprint density at radius 2 is 2.00 bits per heavy atom. The number of ether oxygens (including phenoxy) is 1. The second kappa shape index (κ2) is 7.65. The Morgan fingerprint density at radius 3 is 2.82 bits per heavy atom. The predicted molar refractivity (Wildman–Crippen MR) is 110 cm³/mol. The number of hydrogen-bond acceptors (Lipinski definition) is 6. The van der Waals surface area contributed by atoms with E-state index in [0.717, 1.165) is 5.56 Å². The number of benzene rings is 2. The van der Waals surface area contributed by atoms with Crippen molar-refractivity contribution in [2.45, 2.75) is 17.3 Å². The number of aromatic nitrogens is 5. The Bertz CT molecular complexity index is 1210. The summed E-state index contributed by atoms with van der Waals surface area (Å²) in [6.45, 7) is 1.94. The van der Waals surface area contributed by atoms with Gasteiger partial charge in [-0.2, -0.15) is 0 Å². The molecule has 0 bridgehead atoms. The van der Waals surface area contributed by atoms with Crippen LogP contribution in [0.5, 0.6) is 5.75 Å². The molecule has 1 atom stereocenters. The summed E-state index contributed by atoms with van der Waals surface area (Å²) in [6.07, 6.45) is 0. The molecule has 0 unspecified atom stereocenters. The number of rotatable bonds is 5. The van der Waals surface area contributed by atoms with Crippen molar-refractivity contribution in [2.24, 2.45) is 0 Å². The highest BCUT2D eigenvalue weighted by Crippen LogP contribution is 2.34. The van der Waals surface area contributed by atoms with E-state index in [0.29, 0.717) is 38.5 Å². The lowest BCUT2D eigenvalue weighted by molar-refractivity contribution is 0.416. The van der Waals surface area contributed by atoms with Crippen LogP contribution in [0.1, 0.15) is 18.0 Å². The minimum Gasteiger partial charge on any atom is -0.496 e. The van der Waals surface area contributed by atoms with E-state index in [9.17, 15) is 4.79 Å². The van der Waals surface area contributed by atoms with Crippen LogP contribution < -0.4 is 10.3 Å². The zero-order valence-corrected chi connectivity index (χ0v) is 16.6. The van der Waals surface area contributed by atoms with E-state index in [-0.39, 0.29) is 10.8 Å². The van der Waals surface area contributed by atoms with Crippen LogP contribution in [0.3, 0.4) is 0 Å². The van der Waals surface area contributed by atoms with Gasteiger partial charge in [0, 0.05) is 5.02 Å². The van der Waals surface area contributed by atoms with Crippen molar-refractivity contribution in [3.05, 3.63) is 63.7 Å². The number of thioether (sulfide) groups is 1. The van der Waals surface area contributed by atoms with E-state index in [1.54, 1.807) is 31.4 Å². The molecule has 0 aliphatic heterocycles. The molecule has 0 aliphatic carbocycles. The maximum absolute atomic E-state index is 12.3. The van der Waals surface area contributed by atoms with E-state index in [1.807, 2.05) is 25.1 Å². The van der Waals surface area contributed by atoms with E-state index in [1.165, 1.54) is 11.8 Å². The molecule has 4 aromatic rings. The number of hydrogen-bond donors (Lipinski definition) is 2. The van der Waals surface area contributed by atoms with Gasteiger partial charge in [0.2, 0.25) is 5.16 Å². The van der Waals surface area contributed by atoms with Crippen LogP contribution in [0, 0.1) is 0 Å². The number of H-pyrrole nitrogens is 2. The van der Waals surface area contributed by atoms with Gasteiger partial charge in [-0.15, -0.1) is 5.10 Å². The quantitative estimate of drug-likeness (QED) is 0.475. The van der Waals surface area contributed by atoms with Crippen LogP contribution in [0.4, 0.5) is 0 Å². The summed E-state index contributed by atoms with van der Waals surface area (Å²) in [5.74, 6) is 1.76. The molecular formula is C19H16ClN5O2S. The average molecular weight is 414 g/mol. The van der Waals surface area contributed by atoms with Crippen LogP contribution >= 0.6 is 23.4 Å². The summed E-state index contributed by atoms with van der Waals surface area (Å²) in [4.78, 5) is 24.2. The number of nitrogens with one attached hydrogen (secondary N) is 2. The molecular weight excluding hydrogens is 398 g/mol. The first-order chi connectivity index (χ1) is 13.5. The van der Waals surface area contributed by atoms with Gasteiger partial charge in [0.25, 0.3) is 5.56 Å². The van der Waals surface area contributed by atoms with Crippen molar-refractivity contribution in [3.63, 3.8) is 0 Å². The summed E-state index contributed by atoms with van der Waals surface area (Å²) in [5, 5.41) is 8.69. The first-order valence-electron chi connectivity index (χ1n) is 8.47. The van der Waals surface area contributed by atoms with Crippen LogP contribution in [-0.4, -0.2) is 32.3 Å².